The Morgan fingerprint density at radius 1 is 1.30 bits per heavy atom. The fourth-order valence-electron chi connectivity index (χ4n) is 2.09. The number of rotatable bonds is 6. The van der Waals surface area contributed by atoms with Gasteiger partial charge >= 0.3 is 0 Å². The van der Waals surface area contributed by atoms with Gasteiger partial charge in [0, 0.05) is 17.5 Å². The number of amides is 1. The van der Waals surface area contributed by atoms with E-state index in [0.29, 0.717) is 6.42 Å². The molecule has 0 aliphatic rings. The van der Waals surface area contributed by atoms with Crippen LogP contribution in [-0.4, -0.2) is 23.6 Å². The number of hydrogen-bond acceptors (Lipinski definition) is 4. The van der Waals surface area contributed by atoms with Gasteiger partial charge in [-0.25, -0.2) is 4.39 Å². The first kappa shape index (κ1) is 17.0. The van der Waals surface area contributed by atoms with Crippen LogP contribution in [0.4, 0.5) is 10.1 Å². The molecule has 0 bridgehead atoms. The first-order chi connectivity index (χ1) is 11.0. The average molecular weight is 334 g/mol. The summed E-state index contributed by atoms with van der Waals surface area (Å²) in [7, 11) is 0. The van der Waals surface area contributed by atoms with Crippen LogP contribution >= 0.6 is 11.8 Å². The summed E-state index contributed by atoms with van der Waals surface area (Å²) in [5.41, 5.74) is 0.546. The molecule has 0 spiro atoms. The maximum Gasteiger partial charge on any atom is 0.282 e. The highest BCUT2D eigenvalue weighted by atomic mass is 32.2. The number of carbonyl (C=O) groups excluding carboxylic acids is 1. The minimum Gasteiger partial charge on any atom is -0.351 e. The summed E-state index contributed by atoms with van der Waals surface area (Å²) in [5.74, 6) is -0.846. The lowest BCUT2D eigenvalue weighted by Crippen LogP contribution is -2.26. The molecule has 0 aliphatic carbocycles. The smallest absolute Gasteiger partial charge is 0.282 e. The Balaban J connectivity index is 2.06. The van der Waals surface area contributed by atoms with Gasteiger partial charge in [0.2, 0.25) is 0 Å². The molecule has 0 aromatic heterocycles. The summed E-state index contributed by atoms with van der Waals surface area (Å²) in [6.45, 7) is 0.267. The van der Waals surface area contributed by atoms with E-state index in [1.54, 1.807) is 18.2 Å². The molecule has 0 saturated heterocycles. The molecular weight excluding hydrogens is 319 g/mol. The third-order valence-corrected chi connectivity index (χ3v) is 3.96. The molecule has 0 fully saturated rings. The number of carbonyl (C=O) groups is 1. The monoisotopic (exact) mass is 334 g/mol. The van der Waals surface area contributed by atoms with Crippen LogP contribution in [0.15, 0.2) is 47.4 Å². The van der Waals surface area contributed by atoms with Crippen molar-refractivity contribution in [3.05, 3.63) is 69.5 Å². The lowest BCUT2D eigenvalue weighted by atomic mass is 10.1. The highest BCUT2D eigenvalue weighted by molar-refractivity contribution is 7.98. The Hall–Kier alpha value is -2.41. The molecule has 0 unspecified atom stereocenters. The second kappa shape index (κ2) is 7.73. The van der Waals surface area contributed by atoms with Crippen molar-refractivity contribution < 1.29 is 14.1 Å². The first-order valence-electron chi connectivity index (χ1n) is 6.86. The molecule has 2 aromatic rings. The number of hydrogen-bond donors (Lipinski definition) is 1. The first-order valence-corrected chi connectivity index (χ1v) is 8.09. The number of halogens is 1. The standard InChI is InChI=1S/C16H15FN2O3S/c1-23-13-5-6-15(19(21)22)14(10-13)16(20)18-8-7-11-3-2-4-12(17)9-11/h2-6,9-10H,7-8H2,1H3,(H,18,20). The van der Waals surface area contributed by atoms with Gasteiger partial charge in [-0.15, -0.1) is 11.8 Å². The third kappa shape index (κ3) is 4.53. The number of nitro benzene ring substituents is 1. The number of nitro groups is 1. The molecule has 0 saturated carbocycles. The van der Waals surface area contributed by atoms with Gasteiger partial charge in [0.15, 0.2) is 0 Å². The van der Waals surface area contributed by atoms with Crippen molar-refractivity contribution >= 4 is 23.4 Å². The molecule has 0 heterocycles. The van der Waals surface area contributed by atoms with Gasteiger partial charge in [-0.05, 0) is 42.5 Å². The molecule has 0 aliphatic heterocycles. The predicted molar refractivity (Wildman–Crippen MR) is 87.3 cm³/mol. The van der Waals surface area contributed by atoms with Crippen molar-refractivity contribution in [2.45, 2.75) is 11.3 Å². The van der Waals surface area contributed by atoms with Gasteiger partial charge in [-0.1, -0.05) is 12.1 Å². The van der Waals surface area contributed by atoms with Crippen LogP contribution < -0.4 is 5.32 Å². The summed E-state index contributed by atoms with van der Waals surface area (Å²) in [5, 5.41) is 13.7. The van der Waals surface area contributed by atoms with Crippen LogP contribution in [0.3, 0.4) is 0 Å². The summed E-state index contributed by atoms with van der Waals surface area (Å²) in [6.07, 6.45) is 2.27. The summed E-state index contributed by atoms with van der Waals surface area (Å²) in [6, 6.07) is 10.5. The molecule has 1 amide bonds. The van der Waals surface area contributed by atoms with Crippen LogP contribution in [0.1, 0.15) is 15.9 Å². The van der Waals surface area contributed by atoms with Crippen LogP contribution in [0, 0.1) is 15.9 Å². The Morgan fingerprint density at radius 3 is 2.74 bits per heavy atom. The van der Waals surface area contributed by atoms with E-state index >= 15 is 0 Å². The van der Waals surface area contributed by atoms with Gasteiger partial charge in [0.1, 0.15) is 11.4 Å². The van der Waals surface area contributed by atoms with E-state index in [1.165, 1.54) is 36.0 Å². The minimum absolute atomic E-state index is 0.0288. The number of nitrogens with zero attached hydrogens (tertiary/aromatic N) is 1. The predicted octanol–water partition coefficient (Wildman–Crippen LogP) is 3.43. The minimum atomic E-state index is -0.578. The number of nitrogens with one attached hydrogen (secondary N) is 1. The van der Waals surface area contributed by atoms with E-state index in [9.17, 15) is 19.3 Å². The Morgan fingerprint density at radius 2 is 2.09 bits per heavy atom. The van der Waals surface area contributed by atoms with E-state index in [4.69, 9.17) is 0 Å². The highest BCUT2D eigenvalue weighted by Crippen LogP contribution is 2.24. The Kier molecular flexibility index (Phi) is 5.70. The molecule has 7 heteroatoms. The van der Waals surface area contributed by atoms with Gasteiger partial charge in [-0.2, -0.15) is 0 Å². The number of thioether (sulfide) groups is 1. The molecule has 2 aromatic carbocycles. The number of benzene rings is 2. The summed E-state index contributed by atoms with van der Waals surface area (Å²) >= 11 is 1.40. The second-order valence-corrected chi connectivity index (χ2v) is 5.66. The van der Waals surface area contributed by atoms with Crippen LogP contribution in [0.5, 0.6) is 0 Å². The van der Waals surface area contributed by atoms with Crippen molar-refractivity contribution in [3.63, 3.8) is 0 Å². The summed E-state index contributed by atoms with van der Waals surface area (Å²) in [4.78, 5) is 23.4. The maximum absolute atomic E-state index is 13.1. The lowest BCUT2D eigenvalue weighted by molar-refractivity contribution is -0.385. The van der Waals surface area contributed by atoms with Crippen molar-refractivity contribution in [1.82, 2.24) is 5.32 Å². The van der Waals surface area contributed by atoms with E-state index in [1.807, 2.05) is 6.26 Å². The summed E-state index contributed by atoms with van der Waals surface area (Å²) < 4.78 is 13.1. The highest BCUT2D eigenvalue weighted by Gasteiger charge is 2.20. The molecule has 0 atom stereocenters. The van der Waals surface area contributed by atoms with Crippen LogP contribution in [-0.2, 0) is 6.42 Å². The SMILES string of the molecule is CSc1ccc([N+](=O)[O-])c(C(=O)NCCc2cccc(F)c2)c1. The quantitative estimate of drug-likeness (QED) is 0.499. The van der Waals surface area contributed by atoms with E-state index < -0.39 is 10.8 Å². The molecule has 1 N–H and O–H groups in total. The van der Waals surface area contributed by atoms with Gasteiger partial charge in [0.25, 0.3) is 11.6 Å². The maximum atomic E-state index is 13.1. The third-order valence-electron chi connectivity index (χ3n) is 3.23. The van der Waals surface area contributed by atoms with Crippen molar-refractivity contribution in [2.75, 3.05) is 12.8 Å². The molecule has 2 rings (SSSR count). The zero-order valence-electron chi connectivity index (χ0n) is 12.4. The van der Waals surface area contributed by atoms with E-state index in [0.717, 1.165) is 10.5 Å². The topological polar surface area (TPSA) is 72.2 Å². The lowest BCUT2D eigenvalue weighted by Gasteiger charge is -2.07. The van der Waals surface area contributed by atoms with E-state index in [2.05, 4.69) is 5.32 Å². The largest absolute Gasteiger partial charge is 0.351 e. The average Bonchev–Trinajstić information content (AvgIpc) is 2.54. The van der Waals surface area contributed by atoms with Crippen LogP contribution in [0.25, 0.3) is 0 Å². The second-order valence-electron chi connectivity index (χ2n) is 4.78. The Labute approximate surface area is 137 Å². The molecule has 120 valence electrons. The molecular formula is C16H15FN2O3S. The molecule has 0 radical (unpaired) electrons. The molecule has 5 nitrogen and oxygen atoms in total. The molecule has 23 heavy (non-hydrogen) atoms. The fourth-order valence-corrected chi connectivity index (χ4v) is 2.53. The van der Waals surface area contributed by atoms with Gasteiger partial charge < -0.3 is 5.32 Å². The zero-order valence-corrected chi connectivity index (χ0v) is 13.2. The van der Waals surface area contributed by atoms with Crippen molar-refractivity contribution in [3.8, 4) is 0 Å². The van der Waals surface area contributed by atoms with Crippen LogP contribution in [0.2, 0.25) is 0 Å². The van der Waals surface area contributed by atoms with Crippen molar-refractivity contribution in [1.29, 1.82) is 0 Å². The van der Waals surface area contributed by atoms with Gasteiger partial charge in [0.05, 0.1) is 4.92 Å². The Bertz CT molecular complexity index is 737. The van der Waals surface area contributed by atoms with Crippen molar-refractivity contribution in [2.24, 2.45) is 0 Å². The van der Waals surface area contributed by atoms with Gasteiger partial charge in [-0.3, -0.25) is 14.9 Å². The fraction of sp³-hybridized carbons (Fsp3) is 0.188. The normalized spacial score (nSPS) is 10.3. The van der Waals surface area contributed by atoms with E-state index in [-0.39, 0.29) is 23.6 Å². The zero-order chi connectivity index (χ0) is 16.8.